The molecule has 2 aromatic rings. The molecule has 0 spiro atoms. The van der Waals surface area contributed by atoms with Crippen LogP contribution in [0.1, 0.15) is 36.8 Å². The van der Waals surface area contributed by atoms with Crippen molar-refractivity contribution in [1.82, 2.24) is 9.97 Å². The van der Waals surface area contributed by atoms with E-state index in [0.717, 1.165) is 5.56 Å². The molecule has 0 fully saturated rings. The van der Waals surface area contributed by atoms with E-state index < -0.39 is 5.97 Å². The highest BCUT2D eigenvalue weighted by Gasteiger charge is 2.21. The van der Waals surface area contributed by atoms with Gasteiger partial charge in [0.2, 0.25) is 5.95 Å². The number of hydrogen-bond acceptors (Lipinski definition) is 6. The van der Waals surface area contributed by atoms with Crippen molar-refractivity contribution in [3.8, 4) is 17.0 Å². The van der Waals surface area contributed by atoms with Crippen LogP contribution in [0.25, 0.3) is 11.3 Å². The van der Waals surface area contributed by atoms with Gasteiger partial charge in [0.25, 0.3) is 0 Å². The minimum Gasteiger partial charge on any atom is -0.491 e. The van der Waals surface area contributed by atoms with Crippen LogP contribution >= 0.6 is 0 Å². The van der Waals surface area contributed by atoms with Crippen LogP contribution in [0, 0.1) is 6.92 Å². The molecule has 0 bridgehead atoms. The van der Waals surface area contributed by atoms with E-state index in [2.05, 4.69) is 9.97 Å². The van der Waals surface area contributed by atoms with Gasteiger partial charge in [0.05, 0.1) is 24.1 Å². The Bertz CT molecular complexity index is 714. The standard InChI is InChI=1S/C17H21N3O3/c1-5-22-16(21)14-11(4)19-17(18)20-15(14)12-7-6-8-13(9-12)23-10(2)3/h6-10H,5H2,1-4H3,(H2,18,19,20). The fourth-order valence-corrected chi connectivity index (χ4v) is 2.24. The van der Waals surface area contributed by atoms with Gasteiger partial charge in [-0.1, -0.05) is 12.1 Å². The van der Waals surface area contributed by atoms with Gasteiger partial charge in [-0.3, -0.25) is 0 Å². The second-order valence-electron chi connectivity index (χ2n) is 5.31. The molecule has 2 N–H and O–H groups in total. The van der Waals surface area contributed by atoms with E-state index >= 15 is 0 Å². The number of aryl methyl sites for hydroxylation is 1. The summed E-state index contributed by atoms with van der Waals surface area (Å²) < 4.78 is 10.8. The van der Waals surface area contributed by atoms with Gasteiger partial charge in [0.15, 0.2) is 0 Å². The van der Waals surface area contributed by atoms with Gasteiger partial charge >= 0.3 is 5.97 Å². The van der Waals surface area contributed by atoms with Crippen LogP contribution in [0.15, 0.2) is 24.3 Å². The van der Waals surface area contributed by atoms with Crippen molar-refractivity contribution >= 4 is 11.9 Å². The molecule has 2 rings (SSSR count). The Hall–Kier alpha value is -2.63. The van der Waals surface area contributed by atoms with E-state index in [1.807, 2.05) is 38.1 Å². The highest BCUT2D eigenvalue weighted by molar-refractivity contribution is 5.97. The average molecular weight is 315 g/mol. The molecule has 6 heteroatoms. The predicted molar refractivity (Wildman–Crippen MR) is 88.3 cm³/mol. The molecule has 0 aliphatic rings. The zero-order valence-corrected chi connectivity index (χ0v) is 13.8. The molecule has 0 saturated heterocycles. The number of carbonyl (C=O) groups excluding carboxylic acids is 1. The summed E-state index contributed by atoms with van der Waals surface area (Å²) in [6.07, 6.45) is 0.0481. The molecule has 23 heavy (non-hydrogen) atoms. The van der Waals surface area contributed by atoms with E-state index in [1.54, 1.807) is 13.8 Å². The molecule has 0 amide bonds. The lowest BCUT2D eigenvalue weighted by Gasteiger charge is -2.13. The van der Waals surface area contributed by atoms with Gasteiger partial charge < -0.3 is 15.2 Å². The lowest BCUT2D eigenvalue weighted by Crippen LogP contribution is -2.13. The number of nitrogen functional groups attached to an aromatic ring is 1. The van der Waals surface area contributed by atoms with Crippen LogP contribution in [0.5, 0.6) is 5.75 Å². The molecule has 0 radical (unpaired) electrons. The molecule has 0 saturated carbocycles. The Kier molecular flexibility index (Phi) is 5.16. The Labute approximate surface area is 135 Å². The maximum atomic E-state index is 12.3. The normalized spacial score (nSPS) is 10.7. The van der Waals surface area contributed by atoms with Gasteiger partial charge in [-0.05, 0) is 39.8 Å². The lowest BCUT2D eigenvalue weighted by atomic mass is 10.0. The fourth-order valence-electron chi connectivity index (χ4n) is 2.24. The third-order valence-corrected chi connectivity index (χ3v) is 3.07. The minimum absolute atomic E-state index is 0.0481. The molecular formula is C17H21N3O3. The quantitative estimate of drug-likeness (QED) is 0.853. The summed E-state index contributed by atoms with van der Waals surface area (Å²) in [6.45, 7) is 7.64. The smallest absolute Gasteiger partial charge is 0.342 e. The van der Waals surface area contributed by atoms with E-state index in [4.69, 9.17) is 15.2 Å². The van der Waals surface area contributed by atoms with E-state index in [-0.39, 0.29) is 18.7 Å². The van der Waals surface area contributed by atoms with Crippen LogP contribution in [-0.2, 0) is 4.74 Å². The Morgan fingerprint density at radius 1 is 1.30 bits per heavy atom. The summed E-state index contributed by atoms with van der Waals surface area (Å²) in [7, 11) is 0. The Morgan fingerprint density at radius 3 is 2.70 bits per heavy atom. The molecule has 1 aromatic carbocycles. The third kappa shape index (κ3) is 3.97. The number of aromatic nitrogens is 2. The topological polar surface area (TPSA) is 87.3 Å². The maximum Gasteiger partial charge on any atom is 0.342 e. The van der Waals surface area contributed by atoms with Crippen molar-refractivity contribution in [3.63, 3.8) is 0 Å². The monoisotopic (exact) mass is 315 g/mol. The number of rotatable bonds is 5. The number of hydrogen-bond donors (Lipinski definition) is 1. The zero-order valence-electron chi connectivity index (χ0n) is 13.8. The van der Waals surface area contributed by atoms with Crippen molar-refractivity contribution in [3.05, 3.63) is 35.5 Å². The van der Waals surface area contributed by atoms with Gasteiger partial charge in [-0.2, -0.15) is 0 Å². The highest BCUT2D eigenvalue weighted by Crippen LogP contribution is 2.28. The molecule has 1 heterocycles. The number of nitrogens with zero attached hydrogens (tertiary/aromatic N) is 2. The van der Waals surface area contributed by atoms with E-state index in [9.17, 15) is 4.79 Å². The Balaban J connectivity index is 2.56. The average Bonchev–Trinajstić information content (AvgIpc) is 2.46. The number of carbonyl (C=O) groups is 1. The summed E-state index contributed by atoms with van der Waals surface area (Å²) in [4.78, 5) is 20.6. The summed E-state index contributed by atoms with van der Waals surface area (Å²) in [6, 6.07) is 7.36. The number of benzene rings is 1. The van der Waals surface area contributed by atoms with Crippen molar-refractivity contribution < 1.29 is 14.3 Å². The SMILES string of the molecule is CCOC(=O)c1c(C)nc(N)nc1-c1cccc(OC(C)C)c1. The second-order valence-corrected chi connectivity index (χ2v) is 5.31. The molecule has 0 aliphatic heterocycles. The summed E-state index contributed by atoms with van der Waals surface area (Å²) in [5.41, 5.74) is 7.73. The van der Waals surface area contributed by atoms with Crippen molar-refractivity contribution in [2.75, 3.05) is 12.3 Å². The number of anilines is 1. The summed E-state index contributed by atoms with van der Waals surface area (Å²) >= 11 is 0. The van der Waals surface area contributed by atoms with E-state index in [0.29, 0.717) is 22.7 Å². The van der Waals surface area contributed by atoms with Crippen molar-refractivity contribution in [2.24, 2.45) is 0 Å². The first kappa shape index (κ1) is 16.7. The first-order valence-electron chi connectivity index (χ1n) is 7.50. The second kappa shape index (κ2) is 7.09. The van der Waals surface area contributed by atoms with Gasteiger partial charge in [-0.15, -0.1) is 0 Å². The first-order valence-corrected chi connectivity index (χ1v) is 7.50. The van der Waals surface area contributed by atoms with Crippen LogP contribution < -0.4 is 10.5 Å². The number of ether oxygens (including phenoxy) is 2. The molecule has 0 atom stereocenters. The molecule has 0 aliphatic carbocycles. The van der Waals surface area contributed by atoms with Gasteiger partial charge in [0, 0.05) is 5.56 Å². The van der Waals surface area contributed by atoms with E-state index in [1.165, 1.54) is 0 Å². The molecule has 122 valence electrons. The molecule has 6 nitrogen and oxygen atoms in total. The third-order valence-electron chi connectivity index (χ3n) is 3.07. The molecule has 1 aromatic heterocycles. The van der Waals surface area contributed by atoms with Crippen LogP contribution in [0.2, 0.25) is 0 Å². The van der Waals surface area contributed by atoms with Crippen molar-refractivity contribution in [1.29, 1.82) is 0 Å². The predicted octanol–water partition coefficient (Wildman–Crippen LogP) is 3.00. The largest absolute Gasteiger partial charge is 0.491 e. The summed E-state index contributed by atoms with van der Waals surface area (Å²) in [5, 5.41) is 0. The van der Waals surface area contributed by atoms with Gasteiger partial charge in [-0.25, -0.2) is 14.8 Å². The van der Waals surface area contributed by atoms with Crippen LogP contribution in [0.4, 0.5) is 5.95 Å². The van der Waals surface area contributed by atoms with Crippen LogP contribution in [-0.4, -0.2) is 28.6 Å². The van der Waals surface area contributed by atoms with Crippen LogP contribution in [0.3, 0.4) is 0 Å². The van der Waals surface area contributed by atoms with Crippen molar-refractivity contribution in [2.45, 2.75) is 33.8 Å². The zero-order chi connectivity index (χ0) is 17.0. The first-order chi connectivity index (χ1) is 10.9. The number of nitrogens with two attached hydrogens (primary N) is 1. The molecule has 0 unspecified atom stereocenters. The fraction of sp³-hybridized carbons (Fsp3) is 0.353. The number of esters is 1. The minimum atomic E-state index is -0.463. The Morgan fingerprint density at radius 2 is 2.04 bits per heavy atom. The van der Waals surface area contributed by atoms with Gasteiger partial charge in [0.1, 0.15) is 11.3 Å². The maximum absolute atomic E-state index is 12.3. The summed E-state index contributed by atoms with van der Waals surface area (Å²) in [5.74, 6) is 0.345. The highest BCUT2D eigenvalue weighted by atomic mass is 16.5. The molecular weight excluding hydrogens is 294 g/mol. The lowest BCUT2D eigenvalue weighted by molar-refractivity contribution is 0.0525.